The maximum absolute atomic E-state index is 11.7. The van der Waals surface area contributed by atoms with Crippen molar-refractivity contribution in [3.63, 3.8) is 0 Å². The Balaban J connectivity index is 2.46. The molecule has 0 amide bonds. The maximum atomic E-state index is 11.7. The van der Waals surface area contributed by atoms with Crippen LogP contribution in [0.5, 0.6) is 0 Å². The molecule has 0 aliphatic heterocycles. The highest BCUT2D eigenvalue weighted by Gasteiger charge is 2.14. The van der Waals surface area contributed by atoms with Gasteiger partial charge in [0.1, 0.15) is 0 Å². The molecule has 1 heterocycles. The van der Waals surface area contributed by atoms with Crippen molar-refractivity contribution in [2.24, 2.45) is 0 Å². The van der Waals surface area contributed by atoms with Crippen molar-refractivity contribution in [3.8, 4) is 0 Å². The second-order valence-electron chi connectivity index (χ2n) is 4.34. The maximum Gasteiger partial charge on any atom is 0.356 e. The lowest BCUT2D eigenvalue weighted by molar-refractivity contribution is -0.385. The van der Waals surface area contributed by atoms with Gasteiger partial charge in [0.05, 0.1) is 11.5 Å². The second kappa shape index (κ2) is 5.53. The number of carbonyl (C=O) groups is 1. The van der Waals surface area contributed by atoms with E-state index in [1.165, 1.54) is 12.1 Å². The van der Waals surface area contributed by atoms with Crippen LogP contribution >= 0.6 is 0 Å². The Bertz CT molecular complexity index is 782. The molecule has 0 spiro atoms. The largest absolute Gasteiger partial charge is 0.476 e. The highest BCUT2D eigenvalue weighted by atomic mass is 16.6. The van der Waals surface area contributed by atoms with Crippen LogP contribution < -0.4 is 5.56 Å². The van der Waals surface area contributed by atoms with Crippen molar-refractivity contribution in [1.29, 1.82) is 0 Å². The molecule has 2 rings (SSSR count). The number of aromatic carboxylic acids is 1. The lowest BCUT2D eigenvalue weighted by Crippen LogP contribution is -2.25. The monoisotopic (exact) mass is 289 g/mol. The molecule has 1 aromatic heterocycles. The molecule has 8 heteroatoms. The normalized spacial score (nSPS) is 10.3. The summed E-state index contributed by atoms with van der Waals surface area (Å²) >= 11 is 0. The third kappa shape index (κ3) is 2.94. The quantitative estimate of drug-likeness (QED) is 0.668. The van der Waals surface area contributed by atoms with Gasteiger partial charge in [0.2, 0.25) is 0 Å². The Kier molecular flexibility index (Phi) is 3.79. The number of aromatic nitrogens is 2. The van der Waals surface area contributed by atoms with Gasteiger partial charge in [-0.25, -0.2) is 9.48 Å². The highest BCUT2D eigenvalue weighted by Crippen LogP contribution is 2.21. The van der Waals surface area contributed by atoms with Crippen molar-refractivity contribution < 1.29 is 14.8 Å². The van der Waals surface area contributed by atoms with Gasteiger partial charge < -0.3 is 5.11 Å². The first-order valence-electron chi connectivity index (χ1n) is 5.94. The lowest BCUT2D eigenvalue weighted by Gasteiger charge is -2.08. The van der Waals surface area contributed by atoms with Gasteiger partial charge in [-0.3, -0.25) is 14.9 Å². The van der Waals surface area contributed by atoms with Gasteiger partial charge in [-0.2, -0.15) is 5.10 Å². The summed E-state index contributed by atoms with van der Waals surface area (Å²) in [6.45, 7) is 1.53. The summed E-state index contributed by atoms with van der Waals surface area (Å²) in [4.78, 5) is 32.9. The van der Waals surface area contributed by atoms with Gasteiger partial charge >= 0.3 is 5.97 Å². The van der Waals surface area contributed by atoms with E-state index < -0.39 is 16.5 Å². The summed E-state index contributed by atoms with van der Waals surface area (Å²) in [5.74, 6) is -1.25. The van der Waals surface area contributed by atoms with Crippen molar-refractivity contribution in [3.05, 3.63) is 67.6 Å². The summed E-state index contributed by atoms with van der Waals surface area (Å²) < 4.78 is 0.968. The van der Waals surface area contributed by atoms with E-state index in [9.17, 15) is 19.7 Å². The predicted octanol–water partition coefficient (Wildman–Crippen LogP) is 1.21. The molecule has 0 radical (unpaired) electrons. The van der Waals surface area contributed by atoms with Crippen molar-refractivity contribution in [1.82, 2.24) is 9.78 Å². The third-order valence-electron chi connectivity index (χ3n) is 3.02. The van der Waals surface area contributed by atoms with Crippen LogP contribution in [0.3, 0.4) is 0 Å². The Hall–Kier alpha value is -3.03. The first-order chi connectivity index (χ1) is 9.90. The predicted molar refractivity (Wildman–Crippen MR) is 72.4 cm³/mol. The first kappa shape index (κ1) is 14.4. The molecular weight excluding hydrogens is 278 g/mol. The number of rotatable bonds is 4. The molecule has 0 saturated heterocycles. The standard InChI is InChI=1S/C13H11N3O5/c1-8-9(3-2-4-11(8)16(20)21)7-15-12(17)6-5-10(14-15)13(18)19/h2-6H,7H2,1H3,(H,18,19). The summed E-state index contributed by atoms with van der Waals surface area (Å²) in [7, 11) is 0. The Labute approximate surface area is 118 Å². The Morgan fingerprint density at radius 2 is 2.10 bits per heavy atom. The first-order valence-corrected chi connectivity index (χ1v) is 5.94. The van der Waals surface area contributed by atoms with Crippen LogP contribution in [0.1, 0.15) is 21.6 Å². The molecule has 21 heavy (non-hydrogen) atoms. The van der Waals surface area contributed by atoms with Crippen LogP contribution in [0.2, 0.25) is 0 Å². The van der Waals surface area contributed by atoms with Crippen LogP contribution in [0.4, 0.5) is 5.69 Å². The average Bonchev–Trinajstić information content (AvgIpc) is 2.42. The summed E-state index contributed by atoms with van der Waals surface area (Å²) in [5.41, 5.74) is 0.136. The smallest absolute Gasteiger partial charge is 0.356 e. The molecule has 108 valence electrons. The van der Waals surface area contributed by atoms with E-state index in [1.54, 1.807) is 13.0 Å². The molecular formula is C13H11N3O5. The molecule has 1 aromatic carbocycles. The third-order valence-corrected chi connectivity index (χ3v) is 3.02. The number of hydrogen-bond acceptors (Lipinski definition) is 5. The summed E-state index contributed by atoms with van der Waals surface area (Å²) in [6.07, 6.45) is 0. The molecule has 2 aromatic rings. The number of nitro groups is 1. The van der Waals surface area contributed by atoms with Crippen molar-refractivity contribution >= 4 is 11.7 Å². The molecule has 0 unspecified atom stereocenters. The molecule has 0 fully saturated rings. The van der Waals surface area contributed by atoms with Crippen molar-refractivity contribution in [2.75, 3.05) is 0 Å². The molecule has 0 saturated carbocycles. The van der Waals surface area contributed by atoms with Crippen LogP contribution in [0, 0.1) is 17.0 Å². The van der Waals surface area contributed by atoms with E-state index in [0.717, 1.165) is 16.8 Å². The lowest BCUT2D eigenvalue weighted by atomic mass is 10.1. The zero-order valence-electron chi connectivity index (χ0n) is 11.0. The van der Waals surface area contributed by atoms with Crippen molar-refractivity contribution in [2.45, 2.75) is 13.5 Å². The van der Waals surface area contributed by atoms with Crippen LogP contribution in [-0.2, 0) is 6.54 Å². The number of nitro benzene ring substituents is 1. The minimum absolute atomic E-state index is 0.0343. The van der Waals surface area contributed by atoms with E-state index >= 15 is 0 Å². The van der Waals surface area contributed by atoms with Crippen LogP contribution in [-0.4, -0.2) is 25.8 Å². The van der Waals surface area contributed by atoms with Gasteiger partial charge in [0.25, 0.3) is 11.2 Å². The summed E-state index contributed by atoms with van der Waals surface area (Å²) in [6, 6.07) is 6.71. The molecule has 0 aliphatic carbocycles. The number of nitrogens with zero attached hydrogens (tertiary/aromatic N) is 3. The van der Waals surface area contributed by atoms with E-state index in [1.807, 2.05) is 0 Å². The van der Waals surface area contributed by atoms with Gasteiger partial charge in [0.15, 0.2) is 5.69 Å². The number of benzene rings is 1. The zero-order valence-corrected chi connectivity index (χ0v) is 11.0. The second-order valence-corrected chi connectivity index (χ2v) is 4.34. The molecule has 8 nitrogen and oxygen atoms in total. The van der Waals surface area contributed by atoms with Crippen LogP contribution in [0.25, 0.3) is 0 Å². The van der Waals surface area contributed by atoms with Crippen LogP contribution in [0.15, 0.2) is 35.1 Å². The number of carboxylic acids is 1. The minimum Gasteiger partial charge on any atom is -0.476 e. The minimum atomic E-state index is -1.25. The van der Waals surface area contributed by atoms with Gasteiger partial charge in [-0.15, -0.1) is 0 Å². The average molecular weight is 289 g/mol. The van der Waals surface area contributed by atoms with E-state index in [0.29, 0.717) is 11.1 Å². The SMILES string of the molecule is Cc1c(Cn2nc(C(=O)O)ccc2=O)cccc1[N+](=O)[O-]. The van der Waals surface area contributed by atoms with E-state index in [2.05, 4.69) is 5.10 Å². The highest BCUT2D eigenvalue weighted by molar-refractivity contribution is 5.84. The fourth-order valence-corrected chi connectivity index (χ4v) is 1.88. The topological polar surface area (TPSA) is 115 Å². The number of carboxylic acid groups (broad SMARTS) is 1. The fourth-order valence-electron chi connectivity index (χ4n) is 1.88. The molecule has 0 bridgehead atoms. The molecule has 0 atom stereocenters. The van der Waals surface area contributed by atoms with Gasteiger partial charge in [-0.1, -0.05) is 12.1 Å². The Morgan fingerprint density at radius 3 is 2.71 bits per heavy atom. The number of hydrogen-bond donors (Lipinski definition) is 1. The molecule has 1 N–H and O–H groups in total. The summed E-state index contributed by atoms with van der Waals surface area (Å²) in [5, 5.41) is 23.5. The fraction of sp³-hybridized carbons (Fsp3) is 0.154. The van der Waals surface area contributed by atoms with Gasteiger partial charge in [0, 0.05) is 17.7 Å². The van der Waals surface area contributed by atoms with E-state index in [4.69, 9.17) is 5.11 Å². The zero-order chi connectivity index (χ0) is 15.6. The van der Waals surface area contributed by atoms with Gasteiger partial charge in [-0.05, 0) is 18.6 Å². The Morgan fingerprint density at radius 1 is 1.38 bits per heavy atom. The van der Waals surface area contributed by atoms with E-state index in [-0.39, 0.29) is 17.9 Å². The molecule has 0 aliphatic rings.